The highest BCUT2D eigenvalue weighted by Gasteiger charge is 2.23. The topological polar surface area (TPSA) is 53.0 Å². The van der Waals surface area contributed by atoms with Crippen LogP contribution in [-0.2, 0) is 0 Å². The van der Waals surface area contributed by atoms with E-state index in [9.17, 15) is 0 Å². The summed E-state index contributed by atoms with van der Waals surface area (Å²) in [7, 11) is 2.05. The largest absolute Gasteiger partial charge is 0.396 e. The molecule has 1 aliphatic rings. The molecule has 1 aromatic rings. The minimum atomic E-state index is 0.568. The van der Waals surface area contributed by atoms with E-state index in [4.69, 9.17) is 11.0 Å². The first-order chi connectivity index (χ1) is 7.24. The lowest BCUT2D eigenvalue weighted by Gasteiger charge is -2.37. The molecule has 0 spiro atoms. The normalized spacial score (nSPS) is 15.5. The number of rotatable bonds is 2. The first-order valence-corrected chi connectivity index (χ1v) is 5.25. The molecule has 0 unspecified atom stereocenters. The zero-order chi connectivity index (χ0) is 10.8. The van der Waals surface area contributed by atoms with E-state index in [-0.39, 0.29) is 0 Å². The molecule has 3 nitrogen and oxygen atoms in total. The van der Waals surface area contributed by atoms with Crippen LogP contribution in [0.1, 0.15) is 24.8 Å². The number of nitrogen functional groups attached to an aromatic ring is 1. The second-order valence-corrected chi connectivity index (χ2v) is 4.05. The van der Waals surface area contributed by atoms with Crippen molar-refractivity contribution >= 4 is 11.4 Å². The second kappa shape index (κ2) is 3.82. The molecule has 15 heavy (non-hydrogen) atoms. The highest BCUT2D eigenvalue weighted by atomic mass is 15.1. The molecule has 0 saturated heterocycles. The van der Waals surface area contributed by atoms with Gasteiger partial charge in [-0.25, -0.2) is 0 Å². The Kier molecular flexibility index (Phi) is 2.51. The van der Waals surface area contributed by atoms with Crippen LogP contribution in [0.5, 0.6) is 0 Å². The highest BCUT2D eigenvalue weighted by molar-refractivity contribution is 5.74. The van der Waals surface area contributed by atoms with Crippen LogP contribution in [0.25, 0.3) is 0 Å². The maximum absolute atomic E-state index is 8.89. The molecule has 0 amide bonds. The lowest BCUT2D eigenvalue weighted by atomic mass is 9.91. The summed E-state index contributed by atoms with van der Waals surface area (Å²) in [5.74, 6) is 0. The molecule has 1 fully saturated rings. The van der Waals surface area contributed by atoms with Gasteiger partial charge in [-0.2, -0.15) is 5.26 Å². The number of anilines is 2. The predicted octanol–water partition coefficient (Wildman–Crippen LogP) is 2.13. The summed E-state index contributed by atoms with van der Waals surface area (Å²) in [4.78, 5) is 2.19. The van der Waals surface area contributed by atoms with Crippen molar-refractivity contribution in [2.45, 2.75) is 25.3 Å². The number of nitrogens with zero attached hydrogens (tertiary/aromatic N) is 2. The Morgan fingerprint density at radius 2 is 2.20 bits per heavy atom. The van der Waals surface area contributed by atoms with Gasteiger partial charge in [0.2, 0.25) is 0 Å². The molecule has 0 bridgehead atoms. The summed E-state index contributed by atoms with van der Waals surface area (Å²) in [6, 6.07) is 8.34. The van der Waals surface area contributed by atoms with Crippen LogP contribution in [0.4, 0.5) is 11.4 Å². The van der Waals surface area contributed by atoms with Gasteiger partial charge in [0.05, 0.1) is 16.9 Å². The maximum Gasteiger partial charge on any atom is 0.101 e. The number of nitriles is 1. The molecule has 0 atom stereocenters. The molecule has 0 heterocycles. The summed E-state index contributed by atoms with van der Waals surface area (Å²) in [6.07, 6.45) is 3.76. The summed E-state index contributed by atoms with van der Waals surface area (Å²) >= 11 is 0. The molecule has 1 aromatic carbocycles. The summed E-state index contributed by atoms with van der Waals surface area (Å²) in [5.41, 5.74) is 8.11. The van der Waals surface area contributed by atoms with E-state index < -0.39 is 0 Å². The number of para-hydroxylation sites is 1. The van der Waals surface area contributed by atoms with Crippen LogP contribution in [-0.4, -0.2) is 13.1 Å². The van der Waals surface area contributed by atoms with Gasteiger partial charge in [-0.1, -0.05) is 6.07 Å². The quantitative estimate of drug-likeness (QED) is 0.746. The lowest BCUT2D eigenvalue weighted by molar-refractivity contribution is 0.401. The minimum absolute atomic E-state index is 0.568. The lowest BCUT2D eigenvalue weighted by Crippen LogP contribution is -2.37. The van der Waals surface area contributed by atoms with Gasteiger partial charge in [0.25, 0.3) is 0 Å². The Hall–Kier alpha value is -1.69. The van der Waals surface area contributed by atoms with Crippen LogP contribution in [0.3, 0.4) is 0 Å². The van der Waals surface area contributed by atoms with Crippen LogP contribution < -0.4 is 10.6 Å². The van der Waals surface area contributed by atoms with Crippen LogP contribution in [0.15, 0.2) is 18.2 Å². The molecule has 1 saturated carbocycles. The fourth-order valence-corrected chi connectivity index (χ4v) is 1.93. The van der Waals surface area contributed by atoms with Crippen molar-refractivity contribution in [3.05, 3.63) is 23.8 Å². The van der Waals surface area contributed by atoms with Gasteiger partial charge in [-0.3, -0.25) is 0 Å². The van der Waals surface area contributed by atoms with Gasteiger partial charge in [0.15, 0.2) is 0 Å². The Labute approximate surface area is 90.1 Å². The number of hydrogen-bond acceptors (Lipinski definition) is 3. The highest BCUT2D eigenvalue weighted by Crippen LogP contribution is 2.32. The fourth-order valence-electron chi connectivity index (χ4n) is 1.93. The predicted molar refractivity (Wildman–Crippen MR) is 61.6 cm³/mol. The van der Waals surface area contributed by atoms with Gasteiger partial charge in [-0.15, -0.1) is 0 Å². The molecule has 0 aromatic heterocycles. The fraction of sp³-hybridized carbons (Fsp3) is 0.417. The van der Waals surface area contributed by atoms with E-state index in [1.807, 2.05) is 12.1 Å². The molecular weight excluding hydrogens is 186 g/mol. The van der Waals surface area contributed by atoms with Crippen LogP contribution in [0.2, 0.25) is 0 Å². The maximum atomic E-state index is 8.89. The third-order valence-electron chi connectivity index (χ3n) is 3.21. The van der Waals surface area contributed by atoms with E-state index in [1.54, 1.807) is 6.07 Å². The second-order valence-electron chi connectivity index (χ2n) is 4.05. The van der Waals surface area contributed by atoms with Crippen molar-refractivity contribution in [1.29, 1.82) is 5.26 Å². The Morgan fingerprint density at radius 1 is 1.47 bits per heavy atom. The molecular formula is C12H15N3. The molecule has 3 heteroatoms. The van der Waals surface area contributed by atoms with E-state index in [0.29, 0.717) is 17.3 Å². The van der Waals surface area contributed by atoms with E-state index in [0.717, 1.165) is 5.69 Å². The average Bonchev–Trinajstić information content (AvgIpc) is 2.15. The van der Waals surface area contributed by atoms with Gasteiger partial charge >= 0.3 is 0 Å². The molecule has 2 N–H and O–H groups in total. The van der Waals surface area contributed by atoms with Crippen molar-refractivity contribution < 1.29 is 0 Å². The van der Waals surface area contributed by atoms with Gasteiger partial charge in [0.1, 0.15) is 6.07 Å². The average molecular weight is 201 g/mol. The third-order valence-corrected chi connectivity index (χ3v) is 3.21. The van der Waals surface area contributed by atoms with Crippen molar-refractivity contribution in [3.63, 3.8) is 0 Å². The first-order valence-electron chi connectivity index (χ1n) is 5.25. The summed E-state index contributed by atoms with van der Waals surface area (Å²) in [5, 5.41) is 8.89. The third kappa shape index (κ3) is 1.63. The smallest absolute Gasteiger partial charge is 0.101 e. The van der Waals surface area contributed by atoms with Gasteiger partial charge in [0, 0.05) is 13.1 Å². The number of nitrogens with two attached hydrogens (primary N) is 1. The van der Waals surface area contributed by atoms with E-state index in [1.165, 1.54) is 19.3 Å². The SMILES string of the molecule is CN(c1cccc(C#N)c1N)C1CCC1. The molecule has 0 radical (unpaired) electrons. The van der Waals surface area contributed by atoms with Gasteiger partial charge < -0.3 is 10.6 Å². The first kappa shape index (κ1) is 9.85. The Morgan fingerprint density at radius 3 is 2.73 bits per heavy atom. The zero-order valence-electron chi connectivity index (χ0n) is 8.90. The van der Waals surface area contributed by atoms with Crippen molar-refractivity contribution in [1.82, 2.24) is 0 Å². The molecule has 78 valence electrons. The Bertz CT molecular complexity index is 402. The Balaban J connectivity index is 2.31. The van der Waals surface area contributed by atoms with Crippen LogP contribution in [0, 0.1) is 11.3 Å². The standard InChI is InChI=1S/C12H15N3/c1-15(10-5-3-6-10)11-7-2-4-9(8-13)12(11)14/h2,4,7,10H,3,5-6,14H2,1H3. The van der Waals surface area contributed by atoms with Gasteiger partial charge in [-0.05, 0) is 31.4 Å². The minimum Gasteiger partial charge on any atom is -0.396 e. The van der Waals surface area contributed by atoms with Crippen molar-refractivity contribution in [3.8, 4) is 6.07 Å². The number of hydrogen-bond donors (Lipinski definition) is 1. The molecule has 2 rings (SSSR count). The summed E-state index contributed by atoms with van der Waals surface area (Å²) < 4.78 is 0. The molecule has 1 aliphatic carbocycles. The van der Waals surface area contributed by atoms with Crippen LogP contribution >= 0.6 is 0 Å². The summed E-state index contributed by atoms with van der Waals surface area (Å²) in [6.45, 7) is 0. The van der Waals surface area contributed by atoms with E-state index in [2.05, 4.69) is 18.0 Å². The zero-order valence-corrected chi connectivity index (χ0v) is 8.90. The number of benzene rings is 1. The van der Waals surface area contributed by atoms with E-state index >= 15 is 0 Å². The monoisotopic (exact) mass is 201 g/mol. The van der Waals surface area contributed by atoms with Crippen molar-refractivity contribution in [2.75, 3.05) is 17.7 Å². The van der Waals surface area contributed by atoms with Crippen molar-refractivity contribution in [2.24, 2.45) is 0 Å². The molecule has 0 aliphatic heterocycles.